The molecule has 0 saturated carbocycles. The summed E-state index contributed by atoms with van der Waals surface area (Å²) in [6, 6.07) is 0.274. The molecule has 0 aromatic carbocycles. The highest BCUT2D eigenvalue weighted by Gasteiger charge is 2.22. The van der Waals surface area contributed by atoms with Gasteiger partial charge < -0.3 is 11.1 Å². The van der Waals surface area contributed by atoms with Crippen LogP contribution in [0.2, 0.25) is 0 Å². The Morgan fingerprint density at radius 1 is 1.11 bits per heavy atom. The lowest BCUT2D eigenvalue weighted by atomic mass is 10.00. The third kappa shape index (κ3) is 6.94. The Hall–Kier alpha value is -0.640. The number of nitrogens with two attached hydrogens (primary N) is 1. The summed E-state index contributed by atoms with van der Waals surface area (Å²) >= 11 is 4.98. The zero-order valence-corrected chi connectivity index (χ0v) is 12.8. The molecule has 3 N–H and O–H groups in total. The molecule has 0 heterocycles. The van der Waals surface area contributed by atoms with E-state index in [0.717, 1.165) is 44.9 Å². The van der Waals surface area contributed by atoms with Crippen molar-refractivity contribution in [3.63, 3.8) is 0 Å². The Morgan fingerprint density at radius 3 is 2.17 bits per heavy atom. The molecule has 0 fully saturated rings. The summed E-state index contributed by atoms with van der Waals surface area (Å²) in [5.74, 6) is -0.287. The van der Waals surface area contributed by atoms with Crippen molar-refractivity contribution in [3.05, 3.63) is 0 Å². The number of hydrogen-bond donors (Lipinski definition) is 2. The molecule has 1 amide bonds. The SMILES string of the molecule is CCCCC(CCC)NC(=O)C(CCC)C(N)=S. The van der Waals surface area contributed by atoms with Crippen molar-refractivity contribution in [1.29, 1.82) is 0 Å². The molecule has 4 heteroatoms. The van der Waals surface area contributed by atoms with Crippen LogP contribution in [0.25, 0.3) is 0 Å². The first-order valence-corrected chi connectivity index (χ1v) is 7.57. The number of carbonyl (C=O) groups excluding carboxylic acids is 1. The summed E-state index contributed by atoms with van der Waals surface area (Å²) in [5, 5.41) is 3.11. The molecule has 0 saturated heterocycles. The number of unbranched alkanes of at least 4 members (excludes halogenated alkanes) is 1. The van der Waals surface area contributed by atoms with Gasteiger partial charge in [0, 0.05) is 6.04 Å². The summed E-state index contributed by atoms with van der Waals surface area (Å²) in [5.41, 5.74) is 5.64. The number of rotatable bonds is 10. The smallest absolute Gasteiger partial charge is 0.230 e. The molecule has 0 spiro atoms. The molecule has 106 valence electrons. The minimum atomic E-state index is -0.300. The van der Waals surface area contributed by atoms with Crippen molar-refractivity contribution < 1.29 is 4.79 Å². The lowest BCUT2D eigenvalue weighted by Crippen LogP contribution is -2.43. The fourth-order valence-electron chi connectivity index (χ4n) is 2.08. The minimum Gasteiger partial charge on any atom is -0.393 e. The van der Waals surface area contributed by atoms with Crippen molar-refractivity contribution in [2.75, 3.05) is 0 Å². The third-order valence-corrected chi connectivity index (χ3v) is 3.41. The van der Waals surface area contributed by atoms with Gasteiger partial charge in [-0.15, -0.1) is 0 Å². The molecule has 2 atom stereocenters. The maximum absolute atomic E-state index is 12.1. The van der Waals surface area contributed by atoms with Crippen molar-refractivity contribution in [1.82, 2.24) is 5.32 Å². The molecular formula is C14H28N2OS. The first-order chi connectivity index (χ1) is 8.56. The van der Waals surface area contributed by atoms with E-state index in [1.807, 2.05) is 6.92 Å². The van der Waals surface area contributed by atoms with E-state index >= 15 is 0 Å². The average molecular weight is 272 g/mol. The highest BCUT2D eigenvalue weighted by Crippen LogP contribution is 2.11. The summed E-state index contributed by atoms with van der Waals surface area (Å²) in [6.07, 6.45) is 7.13. The summed E-state index contributed by atoms with van der Waals surface area (Å²) in [4.78, 5) is 12.5. The van der Waals surface area contributed by atoms with Crippen LogP contribution < -0.4 is 11.1 Å². The Labute approximate surface area is 117 Å². The van der Waals surface area contributed by atoms with Crippen molar-refractivity contribution in [2.45, 2.75) is 71.8 Å². The topological polar surface area (TPSA) is 55.1 Å². The van der Waals surface area contributed by atoms with E-state index in [9.17, 15) is 4.79 Å². The molecule has 0 aliphatic rings. The van der Waals surface area contributed by atoms with E-state index in [1.54, 1.807) is 0 Å². The van der Waals surface area contributed by atoms with Crippen LogP contribution in [0.15, 0.2) is 0 Å². The van der Waals surface area contributed by atoms with Gasteiger partial charge in [-0.3, -0.25) is 4.79 Å². The van der Waals surface area contributed by atoms with Crippen LogP contribution in [-0.2, 0) is 4.79 Å². The fourth-order valence-corrected chi connectivity index (χ4v) is 2.31. The molecular weight excluding hydrogens is 244 g/mol. The molecule has 0 aromatic rings. The summed E-state index contributed by atoms with van der Waals surface area (Å²) in [6.45, 7) is 6.35. The van der Waals surface area contributed by atoms with Crippen LogP contribution in [0.4, 0.5) is 0 Å². The quantitative estimate of drug-likeness (QED) is 0.601. The average Bonchev–Trinajstić information content (AvgIpc) is 2.32. The van der Waals surface area contributed by atoms with E-state index < -0.39 is 0 Å². The highest BCUT2D eigenvalue weighted by molar-refractivity contribution is 7.80. The molecule has 0 radical (unpaired) electrons. The van der Waals surface area contributed by atoms with Gasteiger partial charge in [-0.1, -0.05) is 58.7 Å². The molecule has 0 aliphatic carbocycles. The predicted octanol–water partition coefficient (Wildman–Crippen LogP) is 3.16. The van der Waals surface area contributed by atoms with Gasteiger partial charge in [0.25, 0.3) is 0 Å². The summed E-state index contributed by atoms with van der Waals surface area (Å²) < 4.78 is 0. The molecule has 0 bridgehead atoms. The van der Waals surface area contributed by atoms with Crippen LogP contribution in [-0.4, -0.2) is 16.9 Å². The van der Waals surface area contributed by atoms with Gasteiger partial charge in [0.2, 0.25) is 5.91 Å². The monoisotopic (exact) mass is 272 g/mol. The van der Waals surface area contributed by atoms with E-state index in [1.165, 1.54) is 0 Å². The Bertz CT molecular complexity index is 256. The van der Waals surface area contributed by atoms with Crippen molar-refractivity contribution >= 4 is 23.1 Å². The molecule has 2 unspecified atom stereocenters. The second-order valence-corrected chi connectivity index (χ2v) is 5.35. The van der Waals surface area contributed by atoms with E-state index in [4.69, 9.17) is 18.0 Å². The highest BCUT2D eigenvalue weighted by atomic mass is 32.1. The lowest BCUT2D eigenvalue weighted by molar-refractivity contribution is -0.124. The summed E-state index contributed by atoms with van der Waals surface area (Å²) in [7, 11) is 0. The van der Waals surface area contributed by atoms with Crippen LogP contribution in [0.5, 0.6) is 0 Å². The van der Waals surface area contributed by atoms with E-state index in [0.29, 0.717) is 4.99 Å². The number of hydrogen-bond acceptors (Lipinski definition) is 2. The first-order valence-electron chi connectivity index (χ1n) is 7.16. The van der Waals surface area contributed by atoms with Crippen LogP contribution >= 0.6 is 12.2 Å². The Balaban J connectivity index is 4.39. The molecule has 18 heavy (non-hydrogen) atoms. The number of nitrogens with one attached hydrogen (secondary N) is 1. The fraction of sp³-hybridized carbons (Fsp3) is 0.857. The number of thiocarbonyl (C=S) groups is 1. The van der Waals surface area contributed by atoms with Gasteiger partial charge in [-0.05, 0) is 19.3 Å². The van der Waals surface area contributed by atoms with Gasteiger partial charge in [-0.2, -0.15) is 0 Å². The second kappa shape index (κ2) is 10.3. The van der Waals surface area contributed by atoms with Gasteiger partial charge >= 0.3 is 0 Å². The van der Waals surface area contributed by atoms with Crippen molar-refractivity contribution in [3.8, 4) is 0 Å². The van der Waals surface area contributed by atoms with E-state index in [-0.39, 0.29) is 17.9 Å². The zero-order chi connectivity index (χ0) is 14.0. The van der Waals surface area contributed by atoms with Gasteiger partial charge in [0.1, 0.15) is 0 Å². The minimum absolute atomic E-state index is 0.0129. The molecule has 0 aliphatic heterocycles. The third-order valence-electron chi connectivity index (χ3n) is 3.13. The molecule has 3 nitrogen and oxygen atoms in total. The Kier molecular flexibility index (Phi) is 9.93. The lowest BCUT2D eigenvalue weighted by Gasteiger charge is -2.21. The van der Waals surface area contributed by atoms with Gasteiger partial charge in [-0.25, -0.2) is 0 Å². The predicted molar refractivity (Wildman–Crippen MR) is 81.5 cm³/mol. The maximum Gasteiger partial charge on any atom is 0.230 e. The van der Waals surface area contributed by atoms with Gasteiger partial charge in [0.05, 0.1) is 10.9 Å². The van der Waals surface area contributed by atoms with Gasteiger partial charge in [0.15, 0.2) is 0 Å². The normalized spacial score (nSPS) is 13.9. The van der Waals surface area contributed by atoms with Crippen LogP contribution in [0.3, 0.4) is 0 Å². The number of carbonyl (C=O) groups is 1. The zero-order valence-electron chi connectivity index (χ0n) is 12.0. The van der Waals surface area contributed by atoms with E-state index in [2.05, 4.69) is 19.2 Å². The maximum atomic E-state index is 12.1. The molecule has 0 aromatic heterocycles. The standard InChI is InChI=1S/C14H28N2OS/c1-4-7-10-11(8-5-2)16-14(17)12(9-6-3)13(15)18/h11-12H,4-10H2,1-3H3,(H2,15,18)(H,16,17). The largest absolute Gasteiger partial charge is 0.393 e. The Morgan fingerprint density at radius 2 is 1.72 bits per heavy atom. The second-order valence-electron chi connectivity index (χ2n) is 4.88. The molecule has 0 rings (SSSR count). The first kappa shape index (κ1) is 17.4. The van der Waals surface area contributed by atoms with Crippen LogP contribution in [0, 0.1) is 5.92 Å². The van der Waals surface area contributed by atoms with Crippen LogP contribution in [0.1, 0.15) is 65.7 Å². The number of amides is 1. The van der Waals surface area contributed by atoms with Crippen molar-refractivity contribution in [2.24, 2.45) is 11.7 Å².